The minimum absolute atomic E-state index is 0.177. The van der Waals surface area contributed by atoms with Gasteiger partial charge in [0.25, 0.3) is 5.91 Å². The number of carbonyl (C=O) groups excluding carboxylic acids is 1. The molecule has 4 nitrogen and oxygen atoms in total. The lowest BCUT2D eigenvalue weighted by molar-refractivity contribution is 0.102. The summed E-state index contributed by atoms with van der Waals surface area (Å²) in [5, 5.41) is 7.10. The topological polar surface area (TPSA) is 46.9 Å². The van der Waals surface area contributed by atoms with Gasteiger partial charge in [0.1, 0.15) is 0 Å². The molecule has 0 spiro atoms. The van der Waals surface area contributed by atoms with Gasteiger partial charge in [-0.25, -0.2) is 0 Å². The first-order valence-electron chi connectivity index (χ1n) is 6.27. The molecule has 1 aromatic carbocycles. The quantitative estimate of drug-likeness (QED) is 0.937. The Hall–Kier alpha value is -1.62. The molecular formula is C14H16BrN3O. The molecule has 0 saturated carbocycles. The number of nitrogens with one attached hydrogen (secondary N) is 1. The van der Waals surface area contributed by atoms with E-state index in [1.54, 1.807) is 16.9 Å². The van der Waals surface area contributed by atoms with Crippen molar-refractivity contribution in [3.8, 4) is 0 Å². The highest BCUT2D eigenvalue weighted by Crippen LogP contribution is 2.22. The van der Waals surface area contributed by atoms with Crippen LogP contribution in [0.25, 0.3) is 0 Å². The summed E-state index contributed by atoms with van der Waals surface area (Å²) in [4.78, 5) is 12.1. The third-order valence-corrected chi connectivity index (χ3v) is 3.39. The zero-order valence-corrected chi connectivity index (χ0v) is 12.6. The molecule has 2 aromatic rings. The largest absolute Gasteiger partial charge is 0.320 e. The van der Waals surface area contributed by atoms with Crippen LogP contribution in [0.4, 0.5) is 5.69 Å². The minimum atomic E-state index is -0.177. The van der Waals surface area contributed by atoms with Gasteiger partial charge in [-0.15, -0.1) is 0 Å². The van der Waals surface area contributed by atoms with Gasteiger partial charge in [-0.1, -0.05) is 22.9 Å². The van der Waals surface area contributed by atoms with E-state index >= 15 is 0 Å². The Labute approximate surface area is 120 Å². The van der Waals surface area contributed by atoms with Gasteiger partial charge < -0.3 is 5.32 Å². The lowest BCUT2D eigenvalue weighted by Crippen LogP contribution is -2.14. The molecule has 5 heteroatoms. The Morgan fingerprint density at radius 1 is 1.37 bits per heavy atom. The van der Waals surface area contributed by atoms with Crippen LogP contribution in [0.5, 0.6) is 0 Å². The Morgan fingerprint density at radius 2 is 2.16 bits per heavy atom. The summed E-state index contributed by atoms with van der Waals surface area (Å²) in [6.07, 6.45) is 2.66. The third kappa shape index (κ3) is 3.23. The second-order valence-electron chi connectivity index (χ2n) is 4.17. The first-order valence-corrected chi connectivity index (χ1v) is 7.06. The molecule has 2 rings (SSSR count). The van der Waals surface area contributed by atoms with Gasteiger partial charge in [0.15, 0.2) is 5.69 Å². The fraction of sp³-hybridized carbons (Fsp3) is 0.286. The van der Waals surface area contributed by atoms with E-state index in [4.69, 9.17) is 0 Å². The number of carbonyl (C=O) groups is 1. The molecule has 0 fully saturated rings. The van der Waals surface area contributed by atoms with Crippen molar-refractivity contribution >= 4 is 27.5 Å². The van der Waals surface area contributed by atoms with Crippen molar-refractivity contribution in [1.29, 1.82) is 0 Å². The number of anilines is 1. The van der Waals surface area contributed by atoms with Gasteiger partial charge >= 0.3 is 0 Å². The number of aromatic nitrogens is 2. The maximum absolute atomic E-state index is 12.1. The fourth-order valence-corrected chi connectivity index (χ4v) is 2.23. The van der Waals surface area contributed by atoms with E-state index in [0.29, 0.717) is 5.69 Å². The molecule has 0 saturated heterocycles. The van der Waals surface area contributed by atoms with Gasteiger partial charge in [-0.2, -0.15) is 5.10 Å². The number of hydrogen-bond acceptors (Lipinski definition) is 2. The minimum Gasteiger partial charge on any atom is -0.320 e. The third-order valence-electron chi connectivity index (χ3n) is 2.89. The summed E-state index contributed by atoms with van der Waals surface area (Å²) < 4.78 is 2.75. The number of halogens is 1. The first kappa shape index (κ1) is 13.8. The van der Waals surface area contributed by atoms with Gasteiger partial charge in [-0.05, 0) is 43.2 Å². The van der Waals surface area contributed by atoms with Crippen molar-refractivity contribution in [3.63, 3.8) is 0 Å². The van der Waals surface area contributed by atoms with Crippen LogP contribution in [0.15, 0.2) is 34.9 Å². The van der Waals surface area contributed by atoms with Crippen LogP contribution in [0, 0.1) is 0 Å². The van der Waals surface area contributed by atoms with Gasteiger partial charge in [0.2, 0.25) is 0 Å². The van der Waals surface area contributed by atoms with Crippen LogP contribution in [-0.4, -0.2) is 15.7 Å². The molecule has 19 heavy (non-hydrogen) atoms. The van der Waals surface area contributed by atoms with E-state index in [2.05, 4.69) is 33.3 Å². The van der Waals surface area contributed by atoms with Crippen molar-refractivity contribution in [2.75, 3.05) is 5.32 Å². The molecule has 0 radical (unpaired) electrons. The predicted molar refractivity (Wildman–Crippen MR) is 79.4 cm³/mol. The van der Waals surface area contributed by atoms with Crippen LogP contribution >= 0.6 is 15.9 Å². The number of hydrogen-bond donors (Lipinski definition) is 1. The van der Waals surface area contributed by atoms with Crippen molar-refractivity contribution in [1.82, 2.24) is 9.78 Å². The average Bonchev–Trinajstić information content (AvgIpc) is 2.89. The lowest BCUT2D eigenvalue weighted by atomic mass is 10.1. The highest BCUT2D eigenvalue weighted by molar-refractivity contribution is 9.10. The first-order chi connectivity index (χ1) is 9.13. The number of benzene rings is 1. The monoisotopic (exact) mass is 321 g/mol. The zero-order valence-electron chi connectivity index (χ0n) is 11.0. The Bertz CT molecular complexity index is 592. The van der Waals surface area contributed by atoms with E-state index in [-0.39, 0.29) is 5.91 Å². The SMILES string of the molecule is CCc1cc(Br)ccc1NC(=O)c1ccn(CC)n1. The van der Waals surface area contributed by atoms with E-state index in [9.17, 15) is 4.79 Å². The molecule has 0 atom stereocenters. The standard InChI is InChI=1S/C14H16BrN3O/c1-3-10-9-11(15)5-6-12(10)16-14(19)13-7-8-18(4-2)17-13/h5-9H,3-4H2,1-2H3,(H,16,19). The number of amides is 1. The van der Waals surface area contributed by atoms with Crippen molar-refractivity contribution in [2.24, 2.45) is 0 Å². The second-order valence-corrected chi connectivity index (χ2v) is 5.08. The van der Waals surface area contributed by atoms with Crippen LogP contribution < -0.4 is 5.32 Å². The molecule has 1 amide bonds. The van der Waals surface area contributed by atoms with E-state index < -0.39 is 0 Å². The molecule has 0 aliphatic heterocycles. The number of nitrogens with zero attached hydrogens (tertiary/aromatic N) is 2. The smallest absolute Gasteiger partial charge is 0.276 e. The van der Waals surface area contributed by atoms with E-state index in [0.717, 1.165) is 28.7 Å². The molecule has 1 N–H and O–H groups in total. The van der Waals surface area contributed by atoms with Gasteiger partial charge in [0, 0.05) is 22.9 Å². The molecule has 1 heterocycles. The van der Waals surface area contributed by atoms with E-state index in [1.165, 1.54) is 0 Å². The fourth-order valence-electron chi connectivity index (χ4n) is 1.82. The summed E-state index contributed by atoms with van der Waals surface area (Å²) in [6, 6.07) is 7.56. The summed E-state index contributed by atoms with van der Waals surface area (Å²) in [5.74, 6) is -0.177. The molecule has 0 aliphatic rings. The van der Waals surface area contributed by atoms with Gasteiger partial charge in [0.05, 0.1) is 0 Å². The van der Waals surface area contributed by atoms with Crippen LogP contribution in [0.1, 0.15) is 29.9 Å². The molecule has 0 unspecified atom stereocenters. The van der Waals surface area contributed by atoms with E-state index in [1.807, 2.05) is 25.1 Å². The maximum atomic E-state index is 12.1. The Kier molecular flexibility index (Phi) is 4.37. The zero-order chi connectivity index (χ0) is 13.8. The molecular weight excluding hydrogens is 306 g/mol. The predicted octanol–water partition coefficient (Wildman–Crippen LogP) is 3.48. The summed E-state index contributed by atoms with van der Waals surface area (Å²) in [6.45, 7) is 4.80. The maximum Gasteiger partial charge on any atom is 0.276 e. The van der Waals surface area contributed by atoms with Crippen molar-refractivity contribution in [2.45, 2.75) is 26.8 Å². The number of rotatable bonds is 4. The number of aryl methyl sites for hydroxylation is 2. The second kappa shape index (κ2) is 6.02. The van der Waals surface area contributed by atoms with Crippen LogP contribution in [0.2, 0.25) is 0 Å². The summed E-state index contributed by atoms with van der Waals surface area (Å²) in [5.41, 5.74) is 2.37. The van der Waals surface area contributed by atoms with Crippen molar-refractivity contribution < 1.29 is 4.79 Å². The lowest BCUT2D eigenvalue weighted by Gasteiger charge is -2.09. The average molecular weight is 322 g/mol. The van der Waals surface area contributed by atoms with Gasteiger partial charge in [-0.3, -0.25) is 9.48 Å². The molecule has 1 aromatic heterocycles. The molecule has 0 bridgehead atoms. The van der Waals surface area contributed by atoms with Crippen molar-refractivity contribution in [3.05, 3.63) is 46.2 Å². The Morgan fingerprint density at radius 3 is 2.79 bits per heavy atom. The Balaban J connectivity index is 2.18. The molecule has 100 valence electrons. The molecule has 0 aliphatic carbocycles. The summed E-state index contributed by atoms with van der Waals surface area (Å²) >= 11 is 3.43. The normalized spacial score (nSPS) is 10.5. The highest BCUT2D eigenvalue weighted by Gasteiger charge is 2.11. The van der Waals surface area contributed by atoms with Crippen LogP contribution in [0.3, 0.4) is 0 Å². The highest BCUT2D eigenvalue weighted by atomic mass is 79.9. The summed E-state index contributed by atoms with van der Waals surface area (Å²) in [7, 11) is 0. The van der Waals surface area contributed by atoms with Crippen LogP contribution in [-0.2, 0) is 13.0 Å².